The minimum Gasteiger partial charge on any atom is -0.508 e. The van der Waals surface area contributed by atoms with Gasteiger partial charge in [0, 0.05) is 5.57 Å². The number of phenols is 1. The van der Waals surface area contributed by atoms with E-state index in [9.17, 15) is 14.7 Å². The predicted octanol–water partition coefficient (Wildman–Crippen LogP) is 1.62. The molecule has 0 spiro atoms. The van der Waals surface area contributed by atoms with Crippen LogP contribution in [0.3, 0.4) is 0 Å². The lowest BCUT2D eigenvalue weighted by Crippen LogP contribution is -2.12. The topological polar surface area (TPSA) is 72.8 Å². The molecule has 0 aliphatic carbocycles. The summed E-state index contributed by atoms with van der Waals surface area (Å²) >= 11 is 0. The molecule has 0 radical (unpaired) electrons. The summed E-state index contributed by atoms with van der Waals surface area (Å²) in [6.07, 6.45) is 6.53. The molecule has 0 bridgehead atoms. The zero-order valence-electron chi connectivity index (χ0n) is 9.60. The van der Waals surface area contributed by atoms with Crippen LogP contribution in [0.1, 0.15) is 17.3 Å². The molecule has 1 aromatic rings. The van der Waals surface area contributed by atoms with Crippen molar-refractivity contribution >= 4 is 11.9 Å². The molecule has 0 aliphatic rings. The fourth-order valence-corrected chi connectivity index (χ4v) is 1.06. The summed E-state index contributed by atoms with van der Waals surface area (Å²) in [6.45, 7) is 4.87. The van der Waals surface area contributed by atoms with E-state index in [1.54, 1.807) is 6.11 Å². The fourth-order valence-electron chi connectivity index (χ4n) is 1.06. The van der Waals surface area contributed by atoms with E-state index in [1.807, 2.05) is 0 Å². The van der Waals surface area contributed by atoms with Crippen LogP contribution >= 0.6 is 0 Å². The van der Waals surface area contributed by atoms with Gasteiger partial charge in [0.15, 0.2) is 0 Å². The van der Waals surface area contributed by atoms with E-state index in [0.29, 0.717) is 0 Å². The Labute approximate surface area is 104 Å². The largest absolute Gasteiger partial charge is 0.508 e. The van der Waals surface area contributed by atoms with E-state index in [-0.39, 0.29) is 22.6 Å². The summed E-state index contributed by atoms with van der Waals surface area (Å²) < 4.78 is 9.24. The minimum absolute atomic E-state index is 0.0685. The monoisotopic (exact) mass is 246 g/mol. The molecule has 1 rings (SSSR count). The summed E-state index contributed by atoms with van der Waals surface area (Å²) in [5.74, 6) is -1.86. The molecule has 18 heavy (non-hydrogen) atoms. The average Bonchev–Trinajstić information content (AvgIpc) is 2.31. The van der Waals surface area contributed by atoms with Crippen LogP contribution in [-0.2, 0) is 9.53 Å². The number of hydrogen-bond acceptors (Lipinski definition) is 5. The lowest BCUT2D eigenvalue weighted by Gasteiger charge is -2.08. The Hall–Kier alpha value is -2.74. The molecule has 0 heterocycles. The van der Waals surface area contributed by atoms with Crippen LogP contribution in [0.15, 0.2) is 30.4 Å². The van der Waals surface area contributed by atoms with Gasteiger partial charge in [-0.3, -0.25) is 0 Å². The van der Waals surface area contributed by atoms with Gasteiger partial charge in [0.05, 0.1) is 0 Å². The third-order valence-electron chi connectivity index (χ3n) is 1.89. The van der Waals surface area contributed by atoms with Crippen molar-refractivity contribution in [3.05, 3.63) is 35.9 Å². The van der Waals surface area contributed by atoms with Crippen LogP contribution in [-0.4, -0.2) is 17.0 Å². The van der Waals surface area contributed by atoms with E-state index in [2.05, 4.69) is 11.3 Å². The second-order valence-electron chi connectivity index (χ2n) is 3.36. The van der Waals surface area contributed by atoms with Crippen molar-refractivity contribution in [2.24, 2.45) is 0 Å². The number of terminal acetylenes is 1. The summed E-state index contributed by atoms with van der Waals surface area (Å²) in [4.78, 5) is 22.8. The molecule has 0 fully saturated rings. The molecule has 0 saturated carbocycles. The van der Waals surface area contributed by atoms with E-state index >= 15 is 0 Å². The zero-order valence-corrected chi connectivity index (χ0v) is 9.60. The van der Waals surface area contributed by atoms with Gasteiger partial charge >= 0.3 is 11.9 Å². The Morgan fingerprint density at radius 3 is 2.67 bits per heavy atom. The van der Waals surface area contributed by atoms with Crippen molar-refractivity contribution in [1.82, 2.24) is 0 Å². The van der Waals surface area contributed by atoms with Gasteiger partial charge < -0.3 is 14.6 Å². The number of carbonyl (C=O) groups is 2. The maximum Gasteiger partial charge on any atom is 0.356 e. The van der Waals surface area contributed by atoms with Gasteiger partial charge in [0.25, 0.3) is 0 Å². The van der Waals surface area contributed by atoms with Crippen molar-refractivity contribution in [3.8, 4) is 24.0 Å². The van der Waals surface area contributed by atoms with Crippen LogP contribution in [0.4, 0.5) is 0 Å². The van der Waals surface area contributed by atoms with E-state index in [0.717, 1.165) is 6.07 Å². The van der Waals surface area contributed by atoms with Crippen molar-refractivity contribution in [3.63, 3.8) is 0 Å². The summed E-state index contributed by atoms with van der Waals surface area (Å²) in [5, 5.41) is 9.28. The third kappa shape index (κ3) is 3.12. The first kappa shape index (κ1) is 13.3. The molecule has 0 unspecified atom stereocenters. The predicted molar refractivity (Wildman–Crippen MR) is 62.8 cm³/mol. The number of ether oxygens (including phenoxy) is 2. The van der Waals surface area contributed by atoms with Gasteiger partial charge in [-0.15, -0.1) is 0 Å². The molecule has 92 valence electrons. The summed E-state index contributed by atoms with van der Waals surface area (Å²) in [5.41, 5.74) is 0.0156. The molecule has 0 amide bonds. The molecular weight excluding hydrogens is 236 g/mol. The number of hydrogen-bond donors (Lipinski definition) is 1. The van der Waals surface area contributed by atoms with Crippen molar-refractivity contribution in [2.75, 3.05) is 0 Å². The van der Waals surface area contributed by atoms with E-state index in [4.69, 9.17) is 11.2 Å². The lowest BCUT2D eigenvalue weighted by atomic mass is 10.2. The van der Waals surface area contributed by atoms with Gasteiger partial charge in [-0.1, -0.05) is 13.0 Å². The molecule has 0 atom stereocenters. The minimum atomic E-state index is -0.905. The Balaban J connectivity index is 3.12. The molecule has 5 nitrogen and oxygen atoms in total. The van der Waals surface area contributed by atoms with Crippen LogP contribution in [0.25, 0.3) is 0 Å². The zero-order chi connectivity index (χ0) is 13.7. The third-order valence-corrected chi connectivity index (χ3v) is 1.89. The second-order valence-corrected chi connectivity index (χ2v) is 3.36. The number of carbonyl (C=O) groups excluding carboxylic acids is 2. The molecule has 0 saturated heterocycles. The SMILES string of the molecule is C#COC(=O)c1cc(O)ccc1OC(=O)C(=C)C. The second kappa shape index (κ2) is 5.55. The first-order chi connectivity index (χ1) is 8.45. The quantitative estimate of drug-likeness (QED) is 0.379. The normalized spacial score (nSPS) is 9.11. The summed E-state index contributed by atoms with van der Waals surface area (Å²) in [7, 11) is 0. The Morgan fingerprint density at radius 2 is 2.11 bits per heavy atom. The number of aromatic hydroxyl groups is 1. The maximum absolute atomic E-state index is 11.5. The highest BCUT2D eigenvalue weighted by Gasteiger charge is 2.17. The van der Waals surface area contributed by atoms with Crippen LogP contribution in [0.5, 0.6) is 11.5 Å². The van der Waals surface area contributed by atoms with Crippen LogP contribution < -0.4 is 4.74 Å². The first-order valence-electron chi connectivity index (χ1n) is 4.83. The molecule has 1 aromatic carbocycles. The highest BCUT2D eigenvalue weighted by molar-refractivity contribution is 5.96. The van der Waals surface area contributed by atoms with Gasteiger partial charge in [0.2, 0.25) is 0 Å². The molecule has 0 aliphatic heterocycles. The van der Waals surface area contributed by atoms with Gasteiger partial charge in [-0.05, 0) is 25.1 Å². The molecule has 0 aromatic heterocycles. The number of benzene rings is 1. The van der Waals surface area contributed by atoms with Crippen molar-refractivity contribution < 1.29 is 24.2 Å². The number of esters is 2. The van der Waals surface area contributed by atoms with Gasteiger partial charge in [-0.2, -0.15) is 0 Å². The maximum atomic E-state index is 11.5. The smallest absolute Gasteiger partial charge is 0.356 e. The fraction of sp³-hybridized carbons (Fsp3) is 0.0769. The Morgan fingerprint density at radius 1 is 1.44 bits per heavy atom. The number of rotatable bonds is 3. The summed E-state index contributed by atoms with van der Waals surface area (Å²) in [6, 6.07) is 3.59. The highest BCUT2D eigenvalue weighted by atomic mass is 16.5. The Kier molecular flexibility index (Phi) is 4.11. The van der Waals surface area contributed by atoms with Crippen LogP contribution in [0, 0.1) is 12.5 Å². The van der Waals surface area contributed by atoms with Crippen LogP contribution in [0.2, 0.25) is 0 Å². The number of phenolic OH excluding ortho intramolecular Hbond substituents is 1. The highest BCUT2D eigenvalue weighted by Crippen LogP contribution is 2.25. The van der Waals surface area contributed by atoms with E-state index < -0.39 is 11.9 Å². The average molecular weight is 246 g/mol. The van der Waals surface area contributed by atoms with Crippen molar-refractivity contribution in [2.45, 2.75) is 6.92 Å². The molecule has 5 heteroatoms. The molecular formula is C13H10O5. The lowest BCUT2D eigenvalue weighted by molar-refractivity contribution is -0.130. The molecule has 1 N–H and O–H groups in total. The van der Waals surface area contributed by atoms with Crippen molar-refractivity contribution in [1.29, 1.82) is 0 Å². The Bertz CT molecular complexity index is 551. The van der Waals surface area contributed by atoms with Gasteiger partial charge in [0.1, 0.15) is 23.2 Å². The first-order valence-corrected chi connectivity index (χ1v) is 4.83. The van der Waals surface area contributed by atoms with Gasteiger partial charge in [-0.25, -0.2) is 9.59 Å². The van der Waals surface area contributed by atoms with E-state index in [1.165, 1.54) is 19.1 Å². The standard InChI is InChI=1S/C13H10O5/c1-4-17-13(16)10-7-9(14)5-6-11(10)18-12(15)8(2)3/h1,5-7,14H,2H2,3H3.